The van der Waals surface area contributed by atoms with Gasteiger partial charge in [-0.05, 0) is 24.3 Å². The molecule has 0 spiro atoms. The van der Waals surface area contributed by atoms with E-state index < -0.39 is 0 Å². The molecule has 8 heteroatoms. The molecule has 122 valence electrons. The molecule has 0 amide bonds. The molecule has 0 atom stereocenters. The second-order valence-corrected chi connectivity index (χ2v) is 5.25. The highest BCUT2D eigenvalue weighted by Gasteiger charge is 2.02. The third kappa shape index (κ3) is 5.50. The Morgan fingerprint density at radius 3 is 2.78 bits per heavy atom. The van der Waals surface area contributed by atoms with Crippen LogP contribution in [0.3, 0.4) is 0 Å². The molecule has 0 fully saturated rings. The van der Waals surface area contributed by atoms with Gasteiger partial charge in [-0.25, -0.2) is 9.98 Å². The molecule has 3 N–H and O–H groups in total. The summed E-state index contributed by atoms with van der Waals surface area (Å²) in [4.78, 5) is 8.17. The summed E-state index contributed by atoms with van der Waals surface area (Å²) < 4.78 is 10.5. The molecule has 6 nitrogen and oxygen atoms in total. The number of aromatic nitrogens is 1. The molecule has 2 aromatic rings. The summed E-state index contributed by atoms with van der Waals surface area (Å²) in [5, 5.41) is 3.99. The van der Waals surface area contributed by atoms with Gasteiger partial charge in [0.1, 0.15) is 12.4 Å². The lowest BCUT2D eigenvalue weighted by molar-refractivity contribution is 0.316. The van der Waals surface area contributed by atoms with Crippen LogP contribution in [0.1, 0.15) is 0 Å². The van der Waals surface area contributed by atoms with Crippen LogP contribution in [0.15, 0.2) is 41.5 Å². The van der Waals surface area contributed by atoms with Crippen molar-refractivity contribution in [1.29, 1.82) is 0 Å². The van der Waals surface area contributed by atoms with E-state index in [2.05, 4.69) is 15.3 Å². The van der Waals surface area contributed by atoms with Gasteiger partial charge in [-0.1, -0.05) is 23.2 Å². The van der Waals surface area contributed by atoms with Crippen molar-refractivity contribution in [3.63, 3.8) is 0 Å². The average Bonchev–Trinajstić information content (AvgIpc) is 2.53. The largest absolute Gasteiger partial charge is 0.495 e. The van der Waals surface area contributed by atoms with Crippen LogP contribution in [-0.4, -0.2) is 31.2 Å². The van der Waals surface area contributed by atoms with Gasteiger partial charge in [-0.3, -0.25) is 0 Å². The number of nitrogens with two attached hydrogens (primary N) is 1. The lowest BCUT2D eigenvalue weighted by Gasteiger charge is -2.08. The van der Waals surface area contributed by atoms with Gasteiger partial charge in [-0.2, -0.15) is 0 Å². The maximum absolute atomic E-state index is 6.04. The van der Waals surface area contributed by atoms with Crippen molar-refractivity contribution in [1.82, 2.24) is 4.98 Å². The average molecular weight is 355 g/mol. The zero-order valence-electron chi connectivity index (χ0n) is 12.4. The molecule has 23 heavy (non-hydrogen) atoms. The van der Waals surface area contributed by atoms with Crippen LogP contribution in [-0.2, 0) is 0 Å². The Labute approximate surface area is 144 Å². The summed E-state index contributed by atoms with van der Waals surface area (Å²) in [6, 6.07) is 8.63. The zero-order chi connectivity index (χ0) is 16.7. The van der Waals surface area contributed by atoms with E-state index in [1.54, 1.807) is 37.4 Å². The van der Waals surface area contributed by atoms with E-state index in [0.29, 0.717) is 34.8 Å². The molecule has 2 rings (SSSR count). The number of aliphatic imine (C=N–C) groups is 1. The van der Waals surface area contributed by atoms with Gasteiger partial charge in [0.2, 0.25) is 5.88 Å². The van der Waals surface area contributed by atoms with Gasteiger partial charge in [-0.15, -0.1) is 0 Å². The van der Waals surface area contributed by atoms with Crippen molar-refractivity contribution in [2.75, 3.05) is 25.6 Å². The molecular formula is C15H16Cl2N4O2. The standard InChI is InChI=1S/C15H16Cl2N4O2/c1-22-13-4-3-11(8-12(13)17)21-15(18)19-6-7-23-14-5-2-10(16)9-20-14/h2-5,8-9H,6-7H2,1H3,(H3,18,19,21). The molecule has 0 aliphatic carbocycles. The molecule has 0 saturated carbocycles. The van der Waals surface area contributed by atoms with Gasteiger partial charge in [0, 0.05) is 18.0 Å². The summed E-state index contributed by atoms with van der Waals surface area (Å²) in [6.07, 6.45) is 1.52. The minimum Gasteiger partial charge on any atom is -0.495 e. The number of hydrogen-bond donors (Lipinski definition) is 2. The minimum atomic E-state index is 0.263. The highest BCUT2D eigenvalue weighted by Crippen LogP contribution is 2.26. The number of methoxy groups -OCH3 is 1. The van der Waals surface area contributed by atoms with Gasteiger partial charge >= 0.3 is 0 Å². The number of guanidine groups is 1. The van der Waals surface area contributed by atoms with Crippen molar-refractivity contribution in [2.24, 2.45) is 10.7 Å². The summed E-state index contributed by atoms with van der Waals surface area (Å²) in [5.41, 5.74) is 6.52. The lowest BCUT2D eigenvalue weighted by Crippen LogP contribution is -2.23. The van der Waals surface area contributed by atoms with E-state index in [1.165, 1.54) is 6.20 Å². The summed E-state index contributed by atoms with van der Waals surface area (Å²) in [7, 11) is 1.56. The Kier molecular flexibility index (Phi) is 6.31. The Morgan fingerprint density at radius 2 is 2.13 bits per heavy atom. The number of anilines is 1. The monoisotopic (exact) mass is 354 g/mol. The van der Waals surface area contributed by atoms with Crippen molar-refractivity contribution in [3.05, 3.63) is 46.6 Å². The first-order valence-electron chi connectivity index (χ1n) is 6.73. The van der Waals surface area contributed by atoms with Gasteiger partial charge in [0.25, 0.3) is 0 Å². The SMILES string of the molecule is COc1ccc(NC(N)=NCCOc2ccc(Cl)cn2)cc1Cl. The van der Waals surface area contributed by atoms with Crippen molar-refractivity contribution >= 4 is 34.8 Å². The van der Waals surface area contributed by atoms with Gasteiger partial charge in [0.05, 0.1) is 23.7 Å². The predicted molar refractivity (Wildman–Crippen MR) is 92.9 cm³/mol. The Hall–Kier alpha value is -2.18. The Morgan fingerprint density at radius 1 is 1.30 bits per heavy atom. The molecule has 0 saturated heterocycles. The summed E-state index contributed by atoms with van der Waals surface area (Å²) >= 11 is 11.8. The Balaban J connectivity index is 1.81. The Bertz CT molecular complexity index is 678. The quantitative estimate of drug-likeness (QED) is 0.472. The number of benzene rings is 1. The van der Waals surface area contributed by atoms with Crippen LogP contribution in [0.4, 0.5) is 5.69 Å². The number of pyridine rings is 1. The first-order chi connectivity index (χ1) is 11.1. The van der Waals surface area contributed by atoms with E-state index in [0.717, 1.165) is 5.69 Å². The molecule has 1 aromatic carbocycles. The van der Waals surface area contributed by atoms with E-state index >= 15 is 0 Å². The number of rotatable bonds is 6. The van der Waals surface area contributed by atoms with Gasteiger partial charge < -0.3 is 20.5 Å². The molecular weight excluding hydrogens is 339 g/mol. The third-order valence-electron chi connectivity index (χ3n) is 2.75. The maximum Gasteiger partial charge on any atom is 0.213 e. The van der Waals surface area contributed by atoms with E-state index in [4.69, 9.17) is 38.4 Å². The molecule has 0 aliphatic heterocycles. The summed E-state index contributed by atoms with van der Waals surface area (Å²) in [6.45, 7) is 0.730. The first kappa shape index (κ1) is 17.2. The molecule has 0 bridgehead atoms. The second kappa shape index (κ2) is 8.45. The number of ether oxygens (including phenoxy) is 2. The predicted octanol–water partition coefficient (Wildman–Crippen LogP) is 3.20. The van der Waals surface area contributed by atoms with Crippen LogP contribution in [0, 0.1) is 0 Å². The highest BCUT2D eigenvalue weighted by atomic mass is 35.5. The fourth-order valence-corrected chi connectivity index (χ4v) is 2.06. The number of halogens is 2. The molecule has 0 unspecified atom stereocenters. The van der Waals surface area contributed by atoms with Gasteiger partial charge in [0.15, 0.2) is 5.96 Å². The third-order valence-corrected chi connectivity index (χ3v) is 3.27. The van der Waals surface area contributed by atoms with E-state index in [9.17, 15) is 0 Å². The maximum atomic E-state index is 6.04. The van der Waals surface area contributed by atoms with Crippen LogP contribution in [0.5, 0.6) is 11.6 Å². The van der Waals surface area contributed by atoms with Crippen molar-refractivity contribution in [3.8, 4) is 11.6 Å². The second-order valence-electron chi connectivity index (χ2n) is 4.40. The van der Waals surface area contributed by atoms with E-state index in [1.807, 2.05) is 0 Å². The smallest absolute Gasteiger partial charge is 0.213 e. The lowest BCUT2D eigenvalue weighted by atomic mass is 10.3. The van der Waals surface area contributed by atoms with Crippen LogP contribution in [0.25, 0.3) is 0 Å². The summed E-state index contributed by atoms with van der Waals surface area (Å²) in [5.74, 6) is 1.34. The first-order valence-corrected chi connectivity index (χ1v) is 7.49. The number of nitrogens with zero attached hydrogens (tertiary/aromatic N) is 2. The topological polar surface area (TPSA) is 81.8 Å². The number of hydrogen-bond acceptors (Lipinski definition) is 4. The van der Waals surface area contributed by atoms with Crippen LogP contribution < -0.4 is 20.5 Å². The normalized spacial score (nSPS) is 11.2. The van der Waals surface area contributed by atoms with Crippen molar-refractivity contribution in [2.45, 2.75) is 0 Å². The fourth-order valence-electron chi connectivity index (χ4n) is 1.70. The fraction of sp³-hybridized carbons (Fsp3) is 0.200. The minimum absolute atomic E-state index is 0.263. The molecule has 1 heterocycles. The van der Waals surface area contributed by atoms with E-state index in [-0.39, 0.29) is 5.96 Å². The molecule has 0 aliphatic rings. The highest BCUT2D eigenvalue weighted by molar-refractivity contribution is 6.32. The molecule has 1 aromatic heterocycles. The number of nitrogens with one attached hydrogen (secondary N) is 1. The van der Waals surface area contributed by atoms with Crippen LogP contribution in [0.2, 0.25) is 10.0 Å². The zero-order valence-corrected chi connectivity index (χ0v) is 13.9. The molecule has 0 radical (unpaired) electrons. The van der Waals surface area contributed by atoms with Crippen molar-refractivity contribution < 1.29 is 9.47 Å². The van der Waals surface area contributed by atoms with Crippen LogP contribution >= 0.6 is 23.2 Å².